The molecule has 0 N–H and O–H groups in total. The standard InChI is InChI=1S/C15H11BrClFO/c16-12-3-1-2-10(6-12)7-14(19)8-11-4-5-13(18)9-15(11)17/h1-6,9H,7-8H2. The van der Waals surface area contributed by atoms with E-state index in [0.29, 0.717) is 17.0 Å². The molecule has 0 fully saturated rings. The van der Waals surface area contributed by atoms with Crippen LogP contribution in [0.25, 0.3) is 0 Å². The third-order valence-corrected chi connectivity index (χ3v) is 3.54. The summed E-state index contributed by atoms with van der Waals surface area (Å²) in [6.07, 6.45) is 0.554. The lowest BCUT2D eigenvalue weighted by Gasteiger charge is -2.05. The number of Topliss-reactive ketones (excluding diaryl/α,β-unsaturated/α-hetero) is 1. The maximum atomic E-state index is 12.9. The Balaban J connectivity index is 2.05. The molecule has 98 valence electrons. The summed E-state index contributed by atoms with van der Waals surface area (Å²) in [6.45, 7) is 0. The molecule has 0 radical (unpaired) electrons. The van der Waals surface area contributed by atoms with Crippen molar-refractivity contribution >= 4 is 33.3 Å². The van der Waals surface area contributed by atoms with Crippen LogP contribution in [0.15, 0.2) is 46.9 Å². The summed E-state index contributed by atoms with van der Waals surface area (Å²) < 4.78 is 13.8. The Bertz CT molecular complexity index is 613. The van der Waals surface area contributed by atoms with Gasteiger partial charge in [0.2, 0.25) is 0 Å². The van der Waals surface area contributed by atoms with E-state index >= 15 is 0 Å². The van der Waals surface area contributed by atoms with E-state index < -0.39 is 5.82 Å². The highest BCUT2D eigenvalue weighted by Crippen LogP contribution is 2.19. The highest BCUT2D eigenvalue weighted by Gasteiger charge is 2.09. The minimum atomic E-state index is -0.395. The largest absolute Gasteiger partial charge is 0.299 e. The van der Waals surface area contributed by atoms with Crippen molar-refractivity contribution in [1.82, 2.24) is 0 Å². The summed E-state index contributed by atoms with van der Waals surface area (Å²) in [5, 5.41) is 0.294. The molecule has 2 aromatic rings. The molecule has 1 nitrogen and oxygen atoms in total. The summed E-state index contributed by atoms with van der Waals surface area (Å²) in [5.41, 5.74) is 1.60. The predicted molar refractivity (Wildman–Crippen MR) is 78.0 cm³/mol. The van der Waals surface area contributed by atoms with Gasteiger partial charge in [-0.3, -0.25) is 4.79 Å². The Hall–Kier alpha value is -1.19. The molecule has 0 saturated heterocycles. The molecule has 0 bridgehead atoms. The van der Waals surface area contributed by atoms with Crippen molar-refractivity contribution in [2.24, 2.45) is 0 Å². The molecular formula is C15H11BrClFO. The van der Waals surface area contributed by atoms with E-state index in [1.165, 1.54) is 12.1 Å². The Kier molecular flexibility index (Phi) is 4.72. The van der Waals surface area contributed by atoms with E-state index in [9.17, 15) is 9.18 Å². The number of carbonyl (C=O) groups is 1. The van der Waals surface area contributed by atoms with E-state index in [1.54, 1.807) is 6.07 Å². The van der Waals surface area contributed by atoms with Gasteiger partial charge in [0.25, 0.3) is 0 Å². The average molecular weight is 342 g/mol. The molecule has 0 aromatic heterocycles. The Morgan fingerprint density at radius 1 is 1.16 bits per heavy atom. The first-order valence-corrected chi connectivity index (χ1v) is 6.92. The van der Waals surface area contributed by atoms with Gasteiger partial charge in [0.1, 0.15) is 11.6 Å². The number of halogens is 3. The fraction of sp³-hybridized carbons (Fsp3) is 0.133. The fourth-order valence-electron chi connectivity index (χ4n) is 1.81. The van der Waals surface area contributed by atoms with Crippen LogP contribution in [0.2, 0.25) is 5.02 Å². The second kappa shape index (κ2) is 6.31. The normalized spacial score (nSPS) is 10.5. The predicted octanol–water partition coefficient (Wildman–Crippen LogP) is 4.60. The second-order valence-electron chi connectivity index (χ2n) is 4.26. The molecule has 0 unspecified atom stereocenters. The third-order valence-electron chi connectivity index (χ3n) is 2.69. The van der Waals surface area contributed by atoms with E-state index in [-0.39, 0.29) is 12.2 Å². The van der Waals surface area contributed by atoms with Crippen LogP contribution in [0.5, 0.6) is 0 Å². The van der Waals surface area contributed by atoms with Crippen molar-refractivity contribution in [3.05, 3.63) is 68.9 Å². The molecule has 0 aliphatic carbocycles. The first kappa shape index (κ1) is 14.2. The van der Waals surface area contributed by atoms with Crippen LogP contribution < -0.4 is 0 Å². The lowest BCUT2D eigenvalue weighted by atomic mass is 10.0. The van der Waals surface area contributed by atoms with Crippen molar-refractivity contribution in [3.63, 3.8) is 0 Å². The lowest BCUT2D eigenvalue weighted by molar-refractivity contribution is -0.117. The Labute approximate surface area is 124 Å². The number of hydrogen-bond acceptors (Lipinski definition) is 1. The molecule has 0 aliphatic rings. The number of rotatable bonds is 4. The van der Waals surface area contributed by atoms with Gasteiger partial charge in [-0.05, 0) is 35.4 Å². The van der Waals surface area contributed by atoms with Gasteiger partial charge in [0.15, 0.2) is 0 Å². The zero-order valence-electron chi connectivity index (χ0n) is 10.00. The first-order valence-electron chi connectivity index (χ1n) is 5.74. The molecule has 0 saturated carbocycles. The molecule has 0 amide bonds. The molecule has 19 heavy (non-hydrogen) atoms. The topological polar surface area (TPSA) is 17.1 Å². The lowest BCUT2D eigenvalue weighted by Crippen LogP contribution is -2.07. The highest BCUT2D eigenvalue weighted by atomic mass is 79.9. The summed E-state index contributed by atoms with van der Waals surface area (Å²) in [7, 11) is 0. The monoisotopic (exact) mass is 340 g/mol. The molecule has 2 aromatic carbocycles. The van der Waals surface area contributed by atoms with Crippen LogP contribution in [0.3, 0.4) is 0 Å². The minimum absolute atomic E-state index is 0.0478. The van der Waals surface area contributed by atoms with Crippen molar-refractivity contribution in [1.29, 1.82) is 0 Å². The number of benzene rings is 2. The molecule has 0 atom stereocenters. The molecule has 4 heteroatoms. The highest BCUT2D eigenvalue weighted by molar-refractivity contribution is 9.10. The summed E-state index contributed by atoms with van der Waals surface area (Å²) in [5.74, 6) is -0.347. The molecule has 0 spiro atoms. The molecular weight excluding hydrogens is 331 g/mol. The van der Waals surface area contributed by atoms with Crippen LogP contribution in [-0.4, -0.2) is 5.78 Å². The molecule has 0 heterocycles. The van der Waals surface area contributed by atoms with Gasteiger partial charge >= 0.3 is 0 Å². The van der Waals surface area contributed by atoms with Crippen molar-refractivity contribution in [2.75, 3.05) is 0 Å². The van der Waals surface area contributed by atoms with E-state index in [1.807, 2.05) is 24.3 Å². The van der Waals surface area contributed by atoms with Crippen molar-refractivity contribution in [2.45, 2.75) is 12.8 Å². The van der Waals surface area contributed by atoms with Gasteiger partial charge in [-0.1, -0.05) is 45.7 Å². The number of hydrogen-bond donors (Lipinski definition) is 0. The fourth-order valence-corrected chi connectivity index (χ4v) is 2.50. The van der Waals surface area contributed by atoms with Crippen LogP contribution >= 0.6 is 27.5 Å². The Morgan fingerprint density at radius 2 is 1.95 bits per heavy atom. The molecule has 0 aliphatic heterocycles. The van der Waals surface area contributed by atoms with E-state index in [0.717, 1.165) is 10.0 Å². The van der Waals surface area contributed by atoms with Crippen LogP contribution in [0, 0.1) is 5.82 Å². The van der Waals surface area contributed by atoms with Gasteiger partial charge in [0, 0.05) is 22.3 Å². The van der Waals surface area contributed by atoms with Crippen molar-refractivity contribution in [3.8, 4) is 0 Å². The minimum Gasteiger partial charge on any atom is -0.299 e. The summed E-state index contributed by atoms with van der Waals surface area (Å²) in [6, 6.07) is 11.7. The number of carbonyl (C=O) groups excluding carboxylic acids is 1. The Morgan fingerprint density at radius 3 is 2.63 bits per heavy atom. The first-order chi connectivity index (χ1) is 9.04. The zero-order valence-corrected chi connectivity index (χ0v) is 12.3. The number of ketones is 1. The van der Waals surface area contributed by atoms with Gasteiger partial charge in [-0.2, -0.15) is 0 Å². The maximum absolute atomic E-state index is 12.9. The van der Waals surface area contributed by atoms with Crippen LogP contribution in [0.4, 0.5) is 4.39 Å². The van der Waals surface area contributed by atoms with Gasteiger partial charge in [-0.15, -0.1) is 0 Å². The summed E-state index contributed by atoms with van der Waals surface area (Å²) >= 11 is 9.27. The van der Waals surface area contributed by atoms with Gasteiger partial charge in [0.05, 0.1) is 0 Å². The van der Waals surface area contributed by atoms with Crippen LogP contribution in [-0.2, 0) is 17.6 Å². The maximum Gasteiger partial charge on any atom is 0.141 e. The third kappa shape index (κ3) is 4.15. The van der Waals surface area contributed by atoms with E-state index in [4.69, 9.17) is 11.6 Å². The quantitative estimate of drug-likeness (QED) is 0.794. The molecule has 2 rings (SSSR count). The van der Waals surface area contributed by atoms with Crippen molar-refractivity contribution < 1.29 is 9.18 Å². The summed E-state index contributed by atoms with van der Waals surface area (Å²) in [4.78, 5) is 12.0. The van der Waals surface area contributed by atoms with Gasteiger partial charge in [-0.25, -0.2) is 4.39 Å². The van der Waals surface area contributed by atoms with Gasteiger partial charge < -0.3 is 0 Å². The zero-order chi connectivity index (χ0) is 13.8. The second-order valence-corrected chi connectivity index (χ2v) is 5.58. The smallest absolute Gasteiger partial charge is 0.141 e. The SMILES string of the molecule is O=C(Cc1cccc(Br)c1)Cc1ccc(F)cc1Cl. The average Bonchev–Trinajstić information content (AvgIpc) is 2.33. The van der Waals surface area contributed by atoms with E-state index in [2.05, 4.69) is 15.9 Å². The van der Waals surface area contributed by atoms with Crippen LogP contribution in [0.1, 0.15) is 11.1 Å².